The lowest BCUT2D eigenvalue weighted by Crippen LogP contribution is -2.50. The van der Waals surface area contributed by atoms with Crippen molar-refractivity contribution in [1.82, 2.24) is 15.2 Å². The van der Waals surface area contributed by atoms with Crippen LogP contribution in [0.25, 0.3) is 0 Å². The van der Waals surface area contributed by atoms with E-state index in [0.29, 0.717) is 19.0 Å². The Morgan fingerprint density at radius 1 is 1.55 bits per heavy atom. The van der Waals surface area contributed by atoms with Gasteiger partial charge in [0, 0.05) is 47.0 Å². The van der Waals surface area contributed by atoms with Crippen LogP contribution in [0.2, 0.25) is 0 Å². The monoisotopic (exact) mass is 306 g/mol. The molecule has 22 heavy (non-hydrogen) atoms. The molecule has 0 saturated carbocycles. The first-order chi connectivity index (χ1) is 10.5. The van der Waals surface area contributed by atoms with E-state index in [9.17, 15) is 4.79 Å². The first-order valence-electron chi connectivity index (χ1n) is 7.69. The van der Waals surface area contributed by atoms with Crippen molar-refractivity contribution >= 4 is 11.8 Å². The SMILES string of the molecule is CO[C@H]1CN(C(=O)NCc2ccnc(N(C)C)c2)CC[C@H]1C. The highest BCUT2D eigenvalue weighted by Crippen LogP contribution is 2.19. The number of piperidine rings is 1. The molecule has 0 aromatic carbocycles. The van der Waals surface area contributed by atoms with Gasteiger partial charge in [0.05, 0.1) is 6.10 Å². The summed E-state index contributed by atoms with van der Waals surface area (Å²) in [6.07, 6.45) is 2.87. The van der Waals surface area contributed by atoms with Gasteiger partial charge in [0.2, 0.25) is 0 Å². The van der Waals surface area contributed by atoms with Crippen molar-refractivity contribution in [2.45, 2.75) is 26.0 Å². The lowest BCUT2D eigenvalue weighted by molar-refractivity contribution is 0.00714. The zero-order valence-corrected chi connectivity index (χ0v) is 13.9. The van der Waals surface area contributed by atoms with Gasteiger partial charge in [0.25, 0.3) is 0 Å². The van der Waals surface area contributed by atoms with E-state index >= 15 is 0 Å². The normalized spacial score (nSPS) is 21.5. The highest BCUT2D eigenvalue weighted by atomic mass is 16.5. The summed E-state index contributed by atoms with van der Waals surface area (Å²) in [6, 6.07) is 3.87. The molecule has 0 aliphatic carbocycles. The average Bonchev–Trinajstić information content (AvgIpc) is 2.53. The van der Waals surface area contributed by atoms with Crippen LogP contribution in [0.1, 0.15) is 18.9 Å². The van der Waals surface area contributed by atoms with Crippen LogP contribution in [-0.2, 0) is 11.3 Å². The van der Waals surface area contributed by atoms with Crippen LogP contribution in [0.3, 0.4) is 0 Å². The third-order valence-electron chi connectivity index (χ3n) is 4.19. The van der Waals surface area contributed by atoms with Gasteiger partial charge in [-0.2, -0.15) is 0 Å². The molecule has 122 valence electrons. The zero-order valence-electron chi connectivity index (χ0n) is 13.9. The molecule has 1 aliphatic rings. The Bertz CT molecular complexity index is 507. The molecule has 2 atom stereocenters. The second kappa shape index (κ2) is 7.45. The van der Waals surface area contributed by atoms with Gasteiger partial charge >= 0.3 is 6.03 Å². The third kappa shape index (κ3) is 4.10. The number of amides is 2. The zero-order chi connectivity index (χ0) is 16.1. The smallest absolute Gasteiger partial charge is 0.317 e. The van der Waals surface area contributed by atoms with E-state index in [1.165, 1.54) is 0 Å². The lowest BCUT2D eigenvalue weighted by atomic mass is 9.96. The predicted molar refractivity (Wildman–Crippen MR) is 87.0 cm³/mol. The summed E-state index contributed by atoms with van der Waals surface area (Å²) in [7, 11) is 5.61. The Balaban J connectivity index is 1.89. The summed E-state index contributed by atoms with van der Waals surface area (Å²) in [4.78, 5) is 20.3. The van der Waals surface area contributed by atoms with E-state index in [1.807, 2.05) is 36.0 Å². The summed E-state index contributed by atoms with van der Waals surface area (Å²) in [5.74, 6) is 1.38. The first kappa shape index (κ1) is 16.5. The fourth-order valence-electron chi connectivity index (χ4n) is 2.63. The Kier molecular flexibility index (Phi) is 5.60. The number of nitrogens with one attached hydrogen (secondary N) is 1. The van der Waals surface area contributed by atoms with Crippen molar-refractivity contribution in [3.05, 3.63) is 23.9 Å². The molecule has 2 rings (SSSR count). The molecule has 1 aromatic rings. The minimum atomic E-state index is -0.0304. The minimum absolute atomic E-state index is 0.0304. The molecule has 0 radical (unpaired) electrons. The van der Waals surface area contributed by atoms with E-state index in [0.717, 1.165) is 24.3 Å². The molecule has 0 spiro atoms. The van der Waals surface area contributed by atoms with E-state index < -0.39 is 0 Å². The number of methoxy groups -OCH3 is 1. The Morgan fingerprint density at radius 3 is 3.00 bits per heavy atom. The van der Waals surface area contributed by atoms with Gasteiger partial charge in [-0.15, -0.1) is 0 Å². The molecule has 2 heterocycles. The van der Waals surface area contributed by atoms with E-state index in [-0.39, 0.29) is 12.1 Å². The second-order valence-electron chi connectivity index (χ2n) is 6.06. The number of ether oxygens (including phenoxy) is 1. The maximum absolute atomic E-state index is 12.3. The summed E-state index contributed by atoms with van der Waals surface area (Å²) in [6.45, 7) is 4.12. The minimum Gasteiger partial charge on any atom is -0.379 e. The van der Waals surface area contributed by atoms with Gasteiger partial charge in [0.1, 0.15) is 5.82 Å². The van der Waals surface area contributed by atoms with Gasteiger partial charge in [0.15, 0.2) is 0 Å². The van der Waals surface area contributed by atoms with E-state index in [2.05, 4.69) is 17.2 Å². The van der Waals surface area contributed by atoms with E-state index in [1.54, 1.807) is 13.3 Å². The molecule has 1 saturated heterocycles. The van der Waals surface area contributed by atoms with Crippen molar-refractivity contribution in [1.29, 1.82) is 0 Å². The molecule has 1 N–H and O–H groups in total. The number of pyridine rings is 1. The number of aromatic nitrogens is 1. The Hall–Kier alpha value is -1.82. The van der Waals surface area contributed by atoms with Crippen molar-refractivity contribution < 1.29 is 9.53 Å². The van der Waals surface area contributed by atoms with Gasteiger partial charge < -0.3 is 19.9 Å². The molecule has 0 bridgehead atoms. The fraction of sp³-hybridized carbons (Fsp3) is 0.625. The molecular weight excluding hydrogens is 280 g/mol. The van der Waals surface area contributed by atoms with Gasteiger partial charge in [-0.25, -0.2) is 9.78 Å². The molecular formula is C16H26N4O2. The first-order valence-corrected chi connectivity index (χ1v) is 7.69. The Labute approximate surface area is 132 Å². The topological polar surface area (TPSA) is 57.7 Å². The summed E-state index contributed by atoms with van der Waals surface area (Å²) in [5.41, 5.74) is 1.04. The molecule has 6 heteroatoms. The molecule has 1 fully saturated rings. The largest absolute Gasteiger partial charge is 0.379 e. The third-order valence-corrected chi connectivity index (χ3v) is 4.19. The number of hydrogen-bond acceptors (Lipinski definition) is 4. The number of carbonyl (C=O) groups is 1. The van der Waals surface area contributed by atoms with Gasteiger partial charge in [-0.1, -0.05) is 6.92 Å². The fourth-order valence-corrected chi connectivity index (χ4v) is 2.63. The van der Waals surface area contributed by atoms with Crippen LogP contribution in [0.5, 0.6) is 0 Å². The maximum Gasteiger partial charge on any atom is 0.317 e. The highest BCUT2D eigenvalue weighted by molar-refractivity contribution is 5.74. The van der Waals surface area contributed by atoms with Crippen molar-refractivity contribution in [2.75, 3.05) is 39.2 Å². The molecule has 0 unspecified atom stereocenters. The highest BCUT2D eigenvalue weighted by Gasteiger charge is 2.28. The average molecular weight is 306 g/mol. The molecule has 2 amide bonds. The van der Waals surface area contributed by atoms with Crippen molar-refractivity contribution in [3.63, 3.8) is 0 Å². The summed E-state index contributed by atoms with van der Waals surface area (Å²) in [5, 5.41) is 2.98. The van der Waals surface area contributed by atoms with Crippen LogP contribution < -0.4 is 10.2 Å². The molecule has 1 aliphatic heterocycles. The van der Waals surface area contributed by atoms with Crippen LogP contribution >= 0.6 is 0 Å². The Morgan fingerprint density at radius 2 is 2.32 bits per heavy atom. The van der Waals surface area contributed by atoms with Crippen molar-refractivity contribution in [2.24, 2.45) is 5.92 Å². The van der Waals surface area contributed by atoms with Gasteiger partial charge in [-0.05, 0) is 30.0 Å². The lowest BCUT2D eigenvalue weighted by Gasteiger charge is -2.36. The quantitative estimate of drug-likeness (QED) is 0.920. The number of likely N-dealkylation sites (tertiary alicyclic amines) is 1. The summed E-state index contributed by atoms with van der Waals surface area (Å²) >= 11 is 0. The second-order valence-corrected chi connectivity index (χ2v) is 6.06. The van der Waals surface area contributed by atoms with E-state index in [4.69, 9.17) is 4.74 Å². The number of hydrogen-bond donors (Lipinski definition) is 1. The number of rotatable bonds is 4. The van der Waals surface area contributed by atoms with Crippen molar-refractivity contribution in [3.8, 4) is 0 Å². The molecule has 1 aromatic heterocycles. The van der Waals surface area contributed by atoms with Crippen LogP contribution in [0.4, 0.5) is 10.6 Å². The number of nitrogens with zero attached hydrogens (tertiary/aromatic N) is 3. The standard InChI is InChI=1S/C16H26N4O2/c1-12-6-8-20(11-14(12)22-4)16(21)18-10-13-5-7-17-15(9-13)19(2)3/h5,7,9,12,14H,6,8,10-11H2,1-4H3,(H,18,21)/t12-,14+/m1/s1. The summed E-state index contributed by atoms with van der Waals surface area (Å²) < 4.78 is 5.45. The van der Waals surface area contributed by atoms with Crippen LogP contribution in [-0.4, -0.2) is 56.3 Å². The van der Waals surface area contributed by atoms with Crippen LogP contribution in [0.15, 0.2) is 18.3 Å². The maximum atomic E-state index is 12.3. The van der Waals surface area contributed by atoms with Crippen LogP contribution in [0, 0.1) is 5.92 Å². The number of anilines is 1. The number of urea groups is 1. The predicted octanol–water partition coefficient (Wildman–Crippen LogP) is 1.71. The molecule has 6 nitrogen and oxygen atoms in total. The number of carbonyl (C=O) groups excluding carboxylic acids is 1. The van der Waals surface area contributed by atoms with Gasteiger partial charge in [-0.3, -0.25) is 0 Å².